The van der Waals surface area contributed by atoms with E-state index in [-0.39, 0.29) is 12.5 Å². The Balaban J connectivity index is 1.65. The van der Waals surface area contributed by atoms with Crippen LogP contribution in [0.2, 0.25) is 0 Å². The molecule has 0 fully saturated rings. The van der Waals surface area contributed by atoms with Crippen LogP contribution in [0.1, 0.15) is 15.9 Å². The van der Waals surface area contributed by atoms with Crippen molar-refractivity contribution in [2.45, 2.75) is 6.92 Å². The van der Waals surface area contributed by atoms with Crippen molar-refractivity contribution in [2.75, 3.05) is 11.9 Å². The maximum atomic E-state index is 12.2. The number of rotatable bonds is 5. The monoisotopic (exact) mass is 345 g/mol. The molecular formula is C22H19NO3. The number of ether oxygens (including phenoxy) is 1. The Bertz CT molecular complexity index is 919. The van der Waals surface area contributed by atoms with Gasteiger partial charge in [0, 0.05) is 11.3 Å². The molecule has 3 rings (SSSR count). The lowest BCUT2D eigenvalue weighted by molar-refractivity contribution is -0.119. The smallest absolute Gasteiger partial charge is 0.338 e. The van der Waals surface area contributed by atoms with E-state index in [2.05, 4.69) is 5.32 Å². The van der Waals surface area contributed by atoms with Gasteiger partial charge in [0.05, 0.1) is 5.56 Å². The highest BCUT2D eigenvalue weighted by atomic mass is 16.5. The average molecular weight is 345 g/mol. The van der Waals surface area contributed by atoms with Crippen LogP contribution in [0.4, 0.5) is 5.69 Å². The molecule has 4 nitrogen and oxygen atoms in total. The fraction of sp³-hybridized carbons (Fsp3) is 0.0909. The van der Waals surface area contributed by atoms with E-state index in [1.165, 1.54) is 0 Å². The van der Waals surface area contributed by atoms with E-state index in [0.717, 1.165) is 16.7 Å². The van der Waals surface area contributed by atoms with Crippen molar-refractivity contribution < 1.29 is 14.3 Å². The highest BCUT2D eigenvalue weighted by Crippen LogP contribution is 2.27. The quantitative estimate of drug-likeness (QED) is 0.695. The number of hydrogen-bond donors (Lipinski definition) is 1. The first-order chi connectivity index (χ1) is 12.6. The lowest BCUT2D eigenvalue weighted by Gasteiger charge is -2.11. The zero-order valence-corrected chi connectivity index (χ0v) is 14.4. The van der Waals surface area contributed by atoms with Gasteiger partial charge >= 0.3 is 5.97 Å². The predicted octanol–water partition coefficient (Wildman–Crippen LogP) is 4.46. The lowest BCUT2D eigenvalue weighted by Crippen LogP contribution is -2.21. The first kappa shape index (κ1) is 17.4. The Morgan fingerprint density at radius 3 is 2.38 bits per heavy atom. The number of esters is 1. The number of hydrogen-bond acceptors (Lipinski definition) is 3. The minimum atomic E-state index is -0.514. The third-order valence-corrected chi connectivity index (χ3v) is 3.87. The summed E-state index contributed by atoms with van der Waals surface area (Å²) in [6.07, 6.45) is 0. The van der Waals surface area contributed by atoms with Crippen LogP contribution in [-0.4, -0.2) is 18.5 Å². The van der Waals surface area contributed by atoms with E-state index in [9.17, 15) is 9.59 Å². The van der Waals surface area contributed by atoms with Gasteiger partial charge in [-0.25, -0.2) is 4.79 Å². The summed E-state index contributed by atoms with van der Waals surface area (Å²) in [6.45, 7) is 1.56. The van der Waals surface area contributed by atoms with Crippen molar-refractivity contribution in [3.8, 4) is 11.1 Å². The molecule has 0 aliphatic rings. The second kappa shape index (κ2) is 8.12. The summed E-state index contributed by atoms with van der Waals surface area (Å²) in [5.41, 5.74) is 3.98. The molecular weight excluding hydrogens is 326 g/mol. The van der Waals surface area contributed by atoms with Crippen molar-refractivity contribution in [1.82, 2.24) is 0 Å². The zero-order valence-electron chi connectivity index (χ0n) is 14.4. The summed E-state index contributed by atoms with van der Waals surface area (Å²) in [6, 6.07) is 24.4. The molecule has 0 aromatic heterocycles. The Hall–Kier alpha value is -3.40. The summed E-state index contributed by atoms with van der Waals surface area (Å²) >= 11 is 0. The van der Waals surface area contributed by atoms with Crippen molar-refractivity contribution >= 4 is 17.6 Å². The molecule has 3 aromatic carbocycles. The molecule has 0 bridgehead atoms. The van der Waals surface area contributed by atoms with Crippen LogP contribution in [-0.2, 0) is 9.53 Å². The summed E-state index contributed by atoms with van der Waals surface area (Å²) < 4.78 is 5.11. The number of aryl methyl sites for hydroxylation is 1. The van der Waals surface area contributed by atoms with E-state index < -0.39 is 5.97 Å². The summed E-state index contributed by atoms with van der Waals surface area (Å²) in [5.74, 6) is -0.894. The molecule has 0 unspecified atom stereocenters. The second-order valence-corrected chi connectivity index (χ2v) is 5.91. The van der Waals surface area contributed by atoms with Crippen molar-refractivity contribution in [3.63, 3.8) is 0 Å². The van der Waals surface area contributed by atoms with Crippen LogP contribution in [0.5, 0.6) is 0 Å². The van der Waals surface area contributed by atoms with Crippen LogP contribution >= 0.6 is 0 Å². The molecule has 0 aliphatic carbocycles. The molecule has 130 valence electrons. The summed E-state index contributed by atoms with van der Waals surface area (Å²) in [5, 5.41) is 2.81. The number of anilines is 1. The second-order valence-electron chi connectivity index (χ2n) is 5.91. The molecule has 26 heavy (non-hydrogen) atoms. The summed E-state index contributed by atoms with van der Waals surface area (Å²) in [4.78, 5) is 24.3. The normalized spacial score (nSPS) is 10.2. The molecule has 4 heteroatoms. The van der Waals surface area contributed by atoms with E-state index in [4.69, 9.17) is 4.74 Å². The fourth-order valence-corrected chi connectivity index (χ4v) is 2.63. The van der Waals surface area contributed by atoms with E-state index in [1.807, 2.05) is 67.6 Å². The molecule has 0 saturated heterocycles. The average Bonchev–Trinajstić information content (AvgIpc) is 2.67. The van der Waals surface area contributed by atoms with E-state index in [1.54, 1.807) is 18.2 Å². The van der Waals surface area contributed by atoms with Crippen LogP contribution in [0.3, 0.4) is 0 Å². The van der Waals surface area contributed by atoms with Gasteiger partial charge in [-0.2, -0.15) is 0 Å². The van der Waals surface area contributed by atoms with Crippen LogP contribution in [0.25, 0.3) is 11.1 Å². The van der Waals surface area contributed by atoms with E-state index >= 15 is 0 Å². The van der Waals surface area contributed by atoms with Gasteiger partial charge in [0.25, 0.3) is 5.91 Å². The van der Waals surface area contributed by atoms with Gasteiger partial charge in [-0.15, -0.1) is 0 Å². The number of amides is 1. The van der Waals surface area contributed by atoms with Gasteiger partial charge in [0.15, 0.2) is 6.61 Å². The van der Waals surface area contributed by atoms with Crippen molar-refractivity contribution in [1.29, 1.82) is 0 Å². The number of nitrogens with one attached hydrogen (secondary N) is 1. The Morgan fingerprint density at radius 1 is 0.885 bits per heavy atom. The topological polar surface area (TPSA) is 55.4 Å². The molecule has 0 aliphatic heterocycles. The van der Waals surface area contributed by atoms with Crippen molar-refractivity contribution in [3.05, 3.63) is 90.0 Å². The van der Waals surface area contributed by atoms with Gasteiger partial charge in [0.1, 0.15) is 0 Å². The minimum Gasteiger partial charge on any atom is -0.452 e. The van der Waals surface area contributed by atoms with Crippen LogP contribution in [0, 0.1) is 6.92 Å². The van der Waals surface area contributed by atoms with E-state index in [0.29, 0.717) is 11.3 Å². The number of benzene rings is 3. The third kappa shape index (κ3) is 4.36. The van der Waals surface area contributed by atoms with Crippen molar-refractivity contribution in [2.24, 2.45) is 0 Å². The lowest BCUT2D eigenvalue weighted by atomic mass is 10.0. The molecule has 0 radical (unpaired) electrons. The van der Waals surface area contributed by atoms with Gasteiger partial charge in [-0.1, -0.05) is 66.2 Å². The number of carbonyl (C=O) groups is 2. The van der Waals surface area contributed by atoms with Gasteiger partial charge in [-0.05, 0) is 30.7 Å². The van der Waals surface area contributed by atoms with Gasteiger partial charge in [-0.3, -0.25) is 4.79 Å². The first-order valence-electron chi connectivity index (χ1n) is 8.31. The molecule has 0 atom stereocenters. The van der Waals surface area contributed by atoms with Gasteiger partial charge < -0.3 is 10.1 Å². The SMILES string of the molecule is Cc1cccc(C(=O)OCC(=O)Nc2ccccc2-c2ccccc2)c1. The Kier molecular flexibility index (Phi) is 5.44. The maximum Gasteiger partial charge on any atom is 0.338 e. The fourth-order valence-electron chi connectivity index (χ4n) is 2.63. The molecule has 1 N–H and O–H groups in total. The standard InChI is InChI=1S/C22H19NO3/c1-16-8-7-11-18(14-16)22(25)26-15-21(24)23-20-13-6-5-12-19(20)17-9-3-2-4-10-17/h2-14H,15H2,1H3,(H,23,24). The molecule has 1 amide bonds. The molecule has 0 spiro atoms. The zero-order chi connectivity index (χ0) is 18.4. The molecule has 0 heterocycles. The first-order valence-corrected chi connectivity index (χ1v) is 8.31. The predicted molar refractivity (Wildman–Crippen MR) is 102 cm³/mol. The summed E-state index contributed by atoms with van der Waals surface area (Å²) in [7, 11) is 0. The molecule has 0 saturated carbocycles. The van der Waals surface area contributed by atoms with Gasteiger partial charge in [0.2, 0.25) is 0 Å². The largest absolute Gasteiger partial charge is 0.452 e. The maximum absolute atomic E-state index is 12.2. The third-order valence-electron chi connectivity index (χ3n) is 3.87. The highest BCUT2D eigenvalue weighted by molar-refractivity contribution is 5.98. The minimum absolute atomic E-state index is 0.337. The number of para-hydroxylation sites is 1. The van der Waals surface area contributed by atoms with Crippen LogP contribution < -0.4 is 5.32 Å². The highest BCUT2D eigenvalue weighted by Gasteiger charge is 2.12. The number of carbonyl (C=O) groups excluding carboxylic acids is 2. The Labute approximate surface area is 152 Å². The Morgan fingerprint density at radius 2 is 1.62 bits per heavy atom. The van der Waals surface area contributed by atoms with Crippen LogP contribution in [0.15, 0.2) is 78.9 Å². The molecule has 3 aromatic rings.